The lowest BCUT2D eigenvalue weighted by atomic mass is 10.0. The summed E-state index contributed by atoms with van der Waals surface area (Å²) in [6.07, 6.45) is 5.36. The molecule has 7 nitrogen and oxygen atoms in total. The zero-order chi connectivity index (χ0) is 23.1. The summed E-state index contributed by atoms with van der Waals surface area (Å²) in [6.45, 7) is 2.12. The van der Waals surface area contributed by atoms with Gasteiger partial charge in [0.2, 0.25) is 5.91 Å². The van der Waals surface area contributed by atoms with Crippen LogP contribution in [0.5, 0.6) is 0 Å². The van der Waals surface area contributed by atoms with E-state index in [1.807, 2.05) is 0 Å². The second kappa shape index (κ2) is 10.7. The van der Waals surface area contributed by atoms with Gasteiger partial charge in [0, 0.05) is 12.8 Å². The minimum atomic E-state index is -1.34. The fraction of sp³-hybridized carbons (Fsp3) is 0.360. The Hall–Kier alpha value is -3.48. The number of nitrogens with one attached hydrogen (secondary N) is 1. The van der Waals surface area contributed by atoms with Gasteiger partial charge in [0.15, 0.2) is 0 Å². The molecule has 1 heterocycles. The second-order valence-electron chi connectivity index (χ2n) is 7.96. The molecule has 0 fully saturated rings. The average Bonchev–Trinajstić information content (AvgIpc) is 3.03. The Morgan fingerprint density at radius 3 is 2.34 bits per heavy atom. The number of hydrogen-bond donors (Lipinski definition) is 2. The smallest absolute Gasteiger partial charge is 0.327 e. The van der Waals surface area contributed by atoms with Crippen molar-refractivity contribution in [3.63, 3.8) is 0 Å². The third-order valence-electron chi connectivity index (χ3n) is 5.60. The van der Waals surface area contributed by atoms with Gasteiger partial charge in [-0.25, -0.2) is 4.79 Å². The third-order valence-corrected chi connectivity index (χ3v) is 5.60. The maximum Gasteiger partial charge on any atom is 0.327 e. The summed E-state index contributed by atoms with van der Waals surface area (Å²) in [5.41, 5.74) is 1.10. The molecule has 0 aliphatic carbocycles. The van der Waals surface area contributed by atoms with Crippen LogP contribution >= 0.6 is 0 Å². The highest BCUT2D eigenvalue weighted by Gasteiger charge is 2.44. The molecule has 1 aliphatic heterocycles. The summed E-state index contributed by atoms with van der Waals surface area (Å²) in [4.78, 5) is 51.3. The lowest BCUT2D eigenvalue weighted by Crippen LogP contribution is -2.46. The lowest BCUT2D eigenvalue weighted by molar-refractivity contribution is -0.141. The van der Waals surface area contributed by atoms with Crippen molar-refractivity contribution in [2.45, 2.75) is 57.9 Å². The number of fused-ring (bicyclic) bond motifs is 1. The van der Waals surface area contributed by atoms with Crippen LogP contribution in [-0.2, 0) is 16.0 Å². The molecule has 32 heavy (non-hydrogen) atoms. The number of unbranched alkanes of at least 4 members (excludes halogenated alkanes) is 4. The summed E-state index contributed by atoms with van der Waals surface area (Å²) in [6, 6.07) is 12.1. The van der Waals surface area contributed by atoms with Crippen molar-refractivity contribution in [2.75, 3.05) is 5.32 Å². The molecule has 0 saturated heterocycles. The predicted molar refractivity (Wildman–Crippen MR) is 121 cm³/mol. The zero-order valence-electron chi connectivity index (χ0n) is 18.2. The van der Waals surface area contributed by atoms with E-state index < -0.39 is 23.8 Å². The first-order chi connectivity index (χ1) is 15.4. The van der Waals surface area contributed by atoms with E-state index in [2.05, 4.69) is 12.2 Å². The molecule has 2 N–H and O–H groups in total. The van der Waals surface area contributed by atoms with Crippen LogP contribution in [0.25, 0.3) is 0 Å². The predicted octanol–water partition coefficient (Wildman–Crippen LogP) is 4.28. The number of hydrogen-bond acceptors (Lipinski definition) is 4. The van der Waals surface area contributed by atoms with E-state index in [0.717, 1.165) is 37.0 Å². The summed E-state index contributed by atoms with van der Waals surface area (Å²) in [5.74, 6) is -2.86. The van der Waals surface area contributed by atoms with Crippen molar-refractivity contribution < 1.29 is 24.3 Å². The van der Waals surface area contributed by atoms with Gasteiger partial charge in [-0.05, 0) is 24.1 Å². The minimum absolute atomic E-state index is 0.00109. The van der Waals surface area contributed by atoms with E-state index in [4.69, 9.17) is 0 Å². The molecule has 1 aliphatic rings. The van der Waals surface area contributed by atoms with Crippen molar-refractivity contribution in [1.82, 2.24) is 4.90 Å². The van der Waals surface area contributed by atoms with Gasteiger partial charge in [-0.3, -0.25) is 19.3 Å². The number of carbonyl (C=O) groups is 4. The number of benzene rings is 2. The van der Waals surface area contributed by atoms with Crippen LogP contribution in [0.4, 0.5) is 5.69 Å². The molecular weight excluding hydrogens is 408 g/mol. The molecule has 168 valence electrons. The van der Waals surface area contributed by atoms with Crippen LogP contribution in [-0.4, -0.2) is 39.7 Å². The highest BCUT2D eigenvalue weighted by atomic mass is 16.4. The summed E-state index contributed by atoms with van der Waals surface area (Å²) < 4.78 is 0. The Balaban J connectivity index is 1.77. The fourth-order valence-electron chi connectivity index (χ4n) is 3.92. The Kier molecular flexibility index (Phi) is 7.76. The molecule has 7 heteroatoms. The van der Waals surface area contributed by atoms with Crippen molar-refractivity contribution in [2.24, 2.45) is 0 Å². The molecule has 2 aromatic rings. The number of aliphatic carboxylic acids is 1. The number of rotatable bonds is 11. The number of nitrogens with zero attached hydrogens (tertiary/aromatic N) is 1. The first-order valence-electron chi connectivity index (χ1n) is 11.0. The van der Waals surface area contributed by atoms with Crippen molar-refractivity contribution in [1.29, 1.82) is 0 Å². The standard InChI is InChI=1S/C25H28N2O5/c1-2-3-4-5-9-15-21(28)26-19-14-10-13-18-22(19)24(30)27(23(18)29)20(25(31)32)16-17-11-7-6-8-12-17/h6-8,10-14,20H,2-5,9,15-16H2,1H3,(H,26,28)(H,31,32). The molecule has 2 aromatic carbocycles. The minimum Gasteiger partial charge on any atom is -0.480 e. The number of anilines is 1. The van der Waals surface area contributed by atoms with Gasteiger partial charge in [-0.15, -0.1) is 0 Å². The van der Waals surface area contributed by atoms with Crippen LogP contribution < -0.4 is 5.32 Å². The van der Waals surface area contributed by atoms with Gasteiger partial charge in [0.05, 0.1) is 16.8 Å². The highest BCUT2D eigenvalue weighted by molar-refractivity contribution is 6.25. The van der Waals surface area contributed by atoms with Gasteiger partial charge in [-0.2, -0.15) is 0 Å². The monoisotopic (exact) mass is 436 g/mol. The first-order valence-corrected chi connectivity index (χ1v) is 11.0. The van der Waals surface area contributed by atoms with E-state index in [1.54, 1.807) is 42.5 Å². The van der Waals surface area contributed by atoms with Gasteiger partial charge >= 0.3 is 5.97 Å². The summed E-state index contributed by atoms with van der Waals surface area (Å²) in [5, 5.41) is 12.5. The average molecular weight is 437 g/mol. The molecule has 3 rings (SSSR count). The number of carboxylic acids is 1. The number of carboxylic acid groups (broad SMARTS) is 1. The normalized spacial score (nSPS) is 13.7. The van der Waals surface area contributed by atoms with Crippen LogP contribution in [0.2, 0.25) is 0 Å². The maximum absolute atomic E-state index is 13.2. The van der Waals surface area contributed by atoms with Gasteiger partial charge < -0.3 is 10.4 Å². The molecule has 3 amide bonds. The van der Waals surface area contributed by atoms with Gasteiger partial charge in [0.1, 0.15) is 6.04 Å². The third kappa shape index (κ3) is 5.22. The quantitative estimate of drug-likeness (QED) is 0.404. The van der Waals surface area contributed by atoms with E-state index in [-0.39, 0.29) is 29.1 Å². The number of amides is 3. The Bertz CT molecular complexity index is 1000. The van der Waals surface area contributed by atoms with Gasteiger partial charge in [0.25, 0.3) is 11.8 Å². The van der Waals surface area contributed by atoms with E-state index >= 15 is 0 Å². The summed E-state index contributed by atoms with van der Waals surface area (Å²) in [7, 11) is 0. The zero-order valence-corrected chi connectivity index (χ0v) is 18.2. The molecule has 1 atom stereocenters. The highest BCUT2D eigenvalue weighted by Crippen LogP contribution is 2.31. The first kappa shape index (κ1) is 23.2. The molecule has 0 aromatic heterocycles. The Morgan fingerprint density at radius 1 is 0.938 bits per heavy atom. The van der Waals surface area contributed by atoms with Crippen LogP contribution in [0.3, 0.4) is 0 Å². The Morgan fingerprint density at radius 2 is 1.66 bits per heavy atom. The van der Waals surface area contributed by atoms with Crippen molar-refractivity contribution in [3.05, 3.63) is 65.2 Å². The molecule has 0 bridgehead atoms. The summed E-state index contributed by atoms with van der Waals surface area (Å²) >= 11 is 0. The molecule has 0 saturated carbocycles. The van der Waals surface area contributed by atoms with Crippen LogP contribution in [0, 0.1) is 0 Å². The van der Waals surface area contributed by atoms with Gasteiger partial charge in [-0.1, -0.05) is 69.0 Å². The molecule has 1 unspecified atom stereocenters. The fourth-order valence-corrected chi connectivity index (χ4v) is 3.92. The lowest BCUT2D eigenvalue weighted by Gasteiger charge is -2.22. The van der Waals surface area contributed by atoms with E-state index in [1.165, 1.54) is 6.07 Å². The number of imide groups is 1. The molecular formula is C25H28N2O5. The topological polar surface area (TPSA) is 104 Å². The Labute approximate surface area is 187 Å². The SMILES string of the molecule is CCCCCCCC(=O)Nc1cccc2c1C(=O)N(C(Cc1ccccc1)C(=O)O)C2=O. The van der Waals surface area contributed by atoms with Crippen molar-refractivity contribution in [3.8, 4) is 0 Å². The maximum atomic E-state index is 13.2. The second-order valence-corrected chi connectivity index (χ2v) is 7.96. The van der Waals surface area contributed by atoms with Crippen LogP contribution in [0.1, 0.15) is 71.7 Å². The number of carbonyl (C=O) groups excluding carboxylic acids is 3. The largest absolute Gasteiger partial charge is 0.480 e. The van der Waals surface area contributed by atoms with E-state index in [9.17, 15) is 24.3 Å². The molecule has 0 spiro atoms. The van der Waals surface area contributed by atoms with E-state index in [0.29, 0.717) is 12.0 Å². The molecule has 0 radical (unpaired) electrons. The van der Waals surface area contributed by atoms with Crippen LogP contribution in [0.15, 0.2) is 48.5 Å². The van der Waals surface area contributed by atoms with Crippen molar-refractivity contribution >= 4 is 29.4 Å².